The Kier molecular flexibility index (Phi) is 2.00. The molecule has 0 aliphatic carbocycles. The van der Waals surface area contributed by atoms with Crippen molar-refractivity contribution in [1.29, 1.82) is 0 Å². The minimum atomic E-state index is -1.03. The van der Waals surface area contributed by atoms with Crippen molar-refractivity contribution in [2.24, 2.45) is 7.05 Å². The van der Waals surface area contributed by atoms with Gasteiger partial charge in [-0.25, -0.2) is 9.78 Å². The summed E-state index contributed by atoms with van der Waals surface area (Å²) in [5, 5.41) is 9.18. The number of aromatic nitrogens is 2. The molecule has 0 fully saturated rings. The van der Waals surface area contributed by atoms with Gasteiger partial charge in [-0.2, -0.15) is 0 Å². The van der Waals surface area contributed by atoms with Crippen LogP contribution < -0.4 is 5.56 Å². The molecule has 2 aromatic rings. The van der Waals surface area contributed by atoms with E-state index >= 15 is 0 Å². The number of fused-ring (bicyclic) bond motifs is 1. The van der Waals surface area contributed by atoms with Crippen LogP contribution in [0.4, 0.5) is 0 Å². The molecule has 1 aromatic heterocycles. The average Bonchev–Trinajstić information content (AvgIpc) is 2.23. The van der Waals surface area contributed by atoms with E-state index in [-0.39, 0.29) is 11.1 Å². The van der Waals surface area contributed by atoms with E-state index in [0.717, 1.165) is 0 Å². The van der Waals surface area contributed by atoms with Crippen molar-refractivity contribution in [2.45, 2.75) is 0 Å². The van der Waals surface area contributed by atoms with E-state index in [1.165, 1.54) is 29.1 Å². The van der Waals surface area contributed by atoms with Gasteiger partial charge in [-0.1, -0.05) is 0 Å². The number of rotatable bonds is 1. The Bertz CT molecular complexity index is 601. The molecule has 0 saturated heterocycles. The maximum Gasteiger partial charge on any atom is 0.335 e. The zero-order valence-electron chi connectivity index (χ0n) is 7.97. The van der Waals surface area contributed by atoms with Crippen molar-refractivity contribution in [1.82, 2.24) is 9.55 Å². The van der Waals surface area contributed by atoms with Gasteiger partial charge in [0.15, 0.2) is 0 Å². The van der Waals surface area contributed by atoms with Crippen LogP contribution in [-0.2, 0) is 7.05 Å². The van der Waals surface area contributed by atoms with Crippen LogP contribution >= 0.6 is 0 Å². The number of carbonyl (C=O) groups is 1. The number of benzene rings is 1. The molecule has 2 rings (SSSR count). The molecule has 1 heterocycles. The van der Waals surface area contributed by atoms with Gasteiger partial charge < -0.3 is 9.67 Å². The van der Waals surface area contributed by atoms with E-state index in [4.69, 9.17) is 5.11 Å². The third-order valence-electron chi connectivity index (χ3n) is 2.17. The predicted octanol–water partition coefficient (Wildman–Crippen LogP) is 0.632. The van der Waals surface area contributed by atoms with E-state index in [0.29, 0.717) is 10.9 Å². The van der Waals surface area contributed by atoms with Crippen molar-refractivity contribution in [2.75, 3.05) is 0 Å². The number of hydrogen-bond acceptors (Lipinski definition) is 3. The molecule has 0 aliphatic rings. The first-order valence-corrected chi connectivity index (χ1v) is 4.28. The van der Waals surface area contributed by atoms with Gasteiger partial charge in [0.1, 0.15) is 0 Å². The second-order valence-electron chi connectivity index (χ2n) is 3.20. The summed E-state index contributed by atoms with van der Waals surface area (Å²) in [5.74, 6) is -1.03. The van der Waals surface area contributed by atoms with Crippen molar-refractivity contribution < 1.29 is 9.90 Å². The Hall–Kier alpha value is -2.17. The van der Waals surface area contributed by atoms with Gasteiger partial charge in [0.2, 0.25) is 0 Å². The SMILES string of the molecule is Cn1cnc2cc(C(=O)O)ccc2c1=O. The maximum atomic E-state index is 11.6. The molecule has 5 nitrogen and oxygen atoms in total. The summed E-state index contributed by atoms with van der Waals surface area (Å²) in [6, 6.07) is 4.26. The van der Waals surface area contributed by atoms with Crippen LogP contribution in [0.15, 0.2) is 29.3 Å². The molecule has 0 spiro atoms. The van der Waals surface area contributed by atoms with Crippen LogP contribution in [-0.4, -0.2) is 20.6 Å². The van der Waals surface area contributed by atoms with Crippen LogP contribution in [0, 0.1) is 0 Å². The zero-order valence-corrected chi connectivity index (χ0v) is 7.97. The van der Waals surface area contributed by atoms with Gasteiger partial charge in [-0.15, -0.1) is 0 Å². The molecule has 0 aliphatic heterocycles. The highest BCUT2D eigenvalue weighted by atomic mass is 16.4. The Morgan fingerprint density at radius 1 is 1.47 bits per heavy atom. The molecule has 0 amide bonds. The molecule has 15 heavy (non-hydrogen) atoms. The van der Waals surface area contributed by atoms with Crippen LogP contribution in [0.1, 0.15) is 10.4 Å². The normalized spacial score (nSPS) is 10.5. The Morgan fingerprint density at radius 2 is 2.20 bits per heavy atom. The number of carboxylic acids is 1. The van der Waals surface area contributed by atoms with Crippen molar-refractivity contribution in [3.05, 3.63) is 40.4 Å². The summed E-state index contributed by atoms with van der Waals surface area (Å²) in [7, 11) is 1.60. The number of carboxylic acid groups (broad SMARTS) is 1. The summed E-state index contributed by atoms with van der Waals surface area (Å²) in [6.07, 6.45) is 1.37. The molecule has 5 heteroatoms. The highest BCUT2D eigenvalue weighted by molar-refractivity contribution is 5.92. The monoisotopic (exact) mass is 204 g/mol. The minimum absolute atomic E-state index is 0.128. The molecule has 1 aromatic carbocycles. The standard InChI is InChI=1S/C10H8N2O3/c1-12-5-11-8-4-6(10(14)15)2-3-7(8)9(12)13/h2-5H,1H3,(H,14,15). The third-order valence-corrected chi connectivity index (χ3v) is 2.17. The lowest BCUT2D eigenvalue weighted by Crippen LogP contribution is -2.17. The lowest BCUT2D eigenvalue weighted by atomic mass is 10.1. The van der Waals surface area contributed by atoms with E-state index < -0.39 is 5.97 Å². The maximum absolute atomic E-state index is 11.6. The molecule has 0 saturated carbocycles. The van der Waals surface area contributed by atoms with E-state index in [1.54, 1.807) is 7.05 Å². The molecule has 0 bridgehead atoms. The summed E-state index contributed by atoms with van der Waals surface area (Å²) in [5.41, 5.74) is 0.346. The summed E-state index contributed by atoms with van der Waals surface area (Å²) < 4.78 is 1.35. The molecular weight excluding hydrogens is 196 g/mol. The zero-order chi connectivity index (χ0) is 11.0. The topological polar surface area (TPSA) is 72.2 Å². The van der Waals surface area contributed by atoms with Crippen LogP contribution in [0.5, 0.6) is 0 Å². The van der Waals surface area contributed by atoms with Crippen molar-refractivity contribution >= 4 is 16.9 Å². The van der Waals surface area contributed by atoms with Gasteiger partial charge in [-0.05, 0) is 18.2 Å². The second kappa shape index (κ2) is 3.20. The van der Waals surface area contributed by atoms with Gasteiger partial charge in [-0.3, -0.25) is 4.79 Å². The predicted molar refractivity (Wildman–Crippen MR) is 53.9 cm³/mol. The fraction of sp³-hybridized carbons (Fsp3) is 0.100. The van der Waals surface area contributed by atoms with Crippen LogP contribution in [0.3, 0.4) is 0 Å². The smallest absolute Gasteiger partial charge is 0.335 e. The molecule has 76 valence electrons. The number of hydrogen-bond donors (Lipinski definition) is 1. The first-order valence-electron chi connectivity index (χ1n) is 4.28. The Balaban J connectivity index is 2.81. The lowest BCUT2D eigenvalue weighted by Gasteiger charge is -2.00. The third kappa shape index (κ3) is 1.48. The summed E-state index contributed by atoms with van der Waals surface area (Å²) in [4.78, 5) is 26.3. The van der Waals surface area contributed by atoms with Gasteiger partial charge in [0.05, 0.1) is 22.8 Å². The van der Waals surface area contributed by atoms with Crippen LogP contribution in [0.2, 0.25) is 0 Å². The second-order valence-corrected chi connectivity index (χ2v) is 3.20. The molecule has 0 atom stereocenters. The van der Waals surface area contributed by atoms with E-state index in [9.17, 15) is 9.59 Å². The number of aromatic carboxylic acids is 1. The lowest BCUT2D eigenvalue weighted by molar-refractivity contribution is 0.0697. The summed E-state index contributed by atoms with van der Waals surface area (Å²) in [6.45, 7) is 0. The quantitative estimate of drug-likeness (QED) is 0.739. The van der Waals surface area contributed by atoms with E-state index in [1.807, 2.05) is 0 Å². The molecule has 0 unspecified atom stereocenters. The minimum Gasteiger partial charge on any atom is -0.478 e. The Labute approximate surface area is 84.6 Å². The molecule has 0 radical (unpaired) electrons. The fourth-order valence-corrected chi connectivity index (χ4v) is 1.34. The van der Waals surface area contributed by atoms with Crippen molar-refractivity contribution in [3.8, 4) is 0 Å². The average molecular weight is 204 g/mol. The van der Waals surface area contributed by atoms with E-state index in [2.05, 4.69) is 4.98 Å². The fourth-order valence-electron chi connectivity index (χ4n) is 1.34. The first-order chi connectivity index (χ1) is 7.09. The highest BCUT2D eigenvalue weighted by Gasteiger charge is 2.06. The van der Waals surface area contributed by atoms with Crippen LogP contribution in [0.25, 0.3) is 10.9 Å². The summed E-state index contributed by atoms with van der Waals surface area (Å²) >= 11 is 0. The molecule has 1 N–H and O–H groups in total. The van der Waals surface area contributed by atoms with Crippen molar-refractivity contribution in [3.63, 3.8) is 0 Å². The molecular formula is C10H8N2O3. The Morgan fingerprint density at radius 3 is 2.87 bits per heavy atom. The largest absolute Gasteiger partial charge is 0.478 e. The number of nitrogens with zero attached hydrogens (tertiary/aromatic N) is 2. The highest BCUT2D eigenvalue weighted by Crippen LogP contribution is 2.09. The van der Waals surface area contributed by atoms with Gasteiger partial charge in [0.25, 0.3) is 5.56 Å². The van der Waals surface area contributed by atoms with Gasteiger partial charge >= 0.3 is 5.97 Å². The first kappa shape index (κ1) is 9.39. The van der Waals surface area contributed by atoms with Gasteiger partial charge in [0, 0.05) is 7.05 Å². The number of aryl methyl sites for hydroxylation is 1.